The van der Waals surface area contributed by atoms with E-state index in [9.17, 15) is 13.2 Å². The van der Waals surface area contributed by atoms with Crippen LogP contribution in [0.15, 0.2) is 95.1 Å². The van der Waals surface area contributed by atoms with Crippen molar-refractivity contribution in [2.75, 3.05) is 7.05 Å². The lowest BCUT2D eigenvalue weighted by molar-refractivity contribution is 0.100. The standard InChI is InChI=1S/C26H23N5O3S/c1-29-35(33,34)23-8-3-2-7-21(23)18-9-11-19(12-10-18)22-13-14-30-25(24(22)26(27)32)20-6-4-5-17(15-20)16-31-28/h2-16,29H,28H2,1H3,(H2,27,32). The van der Waals surface area contributed by atoms with Gasteiger partial charge in [-0.05, 0) is 47.5 Å². The average molecular weight is 486 g/mol. The number of hydrazone groups is 1. The first kappa shape index (κ1) is 23.8. The predicted molar refractivity (Wildman–Crippen MR) is 137 cm³/mol. The minimum absolute atomic E-state index is 0.181. The number of nitrogens with one attached hydrogen (secondary N) is 1. The van der Waals surface area contributed by atoms with Gasteiger partial charge in [0.05, 0.1) is 22.4 Å². The van der Waals surface area contributed by atoms with Crippen LogP contribution in [0.2, 0.25) is 0 Å². The average Bonchev–Trinajstić information content (AvgIpc) is 2.88. The number of sulfonamides is 1. The molecule has 0 saturated heterocycles. The Morgan fingerprint density at radius 3 is 2.26 bits per heavy atom. The molecule has 8 nitrogen and oxygen atoms in total. The van der Waals surface area contributed by atoms with Gasteiger partial charge in [0, 0.05) is 17.3 Å². The van der Waals surface area contributed by atoms with Gasteiger partial charge in [0.15, 0.2) is 0 Å². The van der Waals surface area contributed by atoms with Crippen LogP contribution < -0.4 is 16.3 Å². The first-order valence-corrected chi connectivity index (χ1v) is 12.1. The van der Waals surface area contributed by atoms with E-state index in [1.54, 1.807) is 36.5 Å². The van der Waals surface area contributed by atoms with Crippen molar-refractivity contribution < 1.29 is 13.2 Å². The summed E-state index contributed by atoms with van der Waals surface area (Å²) in [4.78, 5) is 17.1. The fraction of sp³-hybridized carbons (Fsp3) is 0.0385. The predicted octanol–water partition coefficient (Wildman–Crippen LogP) is 3.38. The highest BCUT2D eigenvalue weighted by atomic mass is 32.2. The molecule has 0 unspecified atom stereocenters. The topological polar surface area (TPSA) is 141 Å². The molecule has 3 aromatic carbocycles. The van der Waals surface area contributed by atoms with Crippen LogP contribution in [0.3, 0.4) is 0 Å². The maximum Gasteiger partial charge on any atom is 0.251 e. The normalized spacial score (nSPS) is 11.6. The highest BCUT2D eigenvalue weighted by molar-refractivity contribution is 7.89. The summed E-state index contributed by atoms with van der Waals surface area (Å²) in [6.45, 7) is 0. The smallest absolute Gasteiger partial charge is 0.251 e. The summed E-state index contributed by atoms with van der Waals surface area (Å²) in [6.07, 6.45) is 3.12. The van der Waals surface area contributed by atoms with Crippen LogP contribution in [0, 0.1) is 0 Å². The van der Waals surface area contributed by atoms with Crippen LogP contribution in [0.25, 0.3) is 33.5 Å². The minimum atomic E-state index is -3.64. The molecule has 0 fully saturated rings. The Bertz CT molecular complexity index is 1530. The molecule has 1 heterocycles. The Morgan fingerprint density at radius 2 is 1.60 bits per heavy atom. The van der Waals surface area contributed by atoms with Gasteiger partial charge in [-0.1, -0.05) is 60.7 Å². The Hall–Kier alpha value is -4.34. The number of rotatable bonds is 7. The molecule has 9 heteroatoms. The van der Waals surface area contributed by atoms with E-state index in [0.717, 1.165) is 11.1 Å². The number of benzene rings is 3. The number of nitrogens with zero attached hydrogens (tertiary/aromatic N) is 2. The van der Waals surface area contributed by atoms with Crippen LogP contribution >= 0.6 is 0 Å². The number of primary amides is 1. The van der Waals surface area contributed by atoms with Crippen molar-refractivity contribution in [3.63, 3.8) is 0 Å². The summed E-state index contributed by atoms with van der Waals surface area (Å²) in [7, 11) is -2.26. The van der Waals surface area contributed by atoms with E-state index >= 15 is 0 Å². The van der Waals surface area contributed by atoms with Crippen LogP contribution in [0.4, 0.5) is 0 Å². The van der Waals surface area contributed by atoms with E-state index in [0.29, 0.717) is 27.9 Å². The number of nitrogens with two attached hydrogens (primary N) is 2. The lowest BCUT2D eigenvalue weighted by atomic mass is 9.94. The van der Waals surface area contributed by atoms with Crippen molar-refractivity contribution >= 4 is 22.1 Å². The quantitative estimate of drug-likeness (QED) is 0.209. The molecule has 0 aliphatic rings. The molecular weight excluding hydrogens is 462 g/mol. The second-order valence-electron chi connectivity index (χ2n) is 7.63. The number of hydrogen-bond donors (Lipinski definition) is 3. The second-order valence-corrected chi connectivity index (χ2v) is 9.49. The fourth-order valence-corrected chi connectivity index (χ4v) is 4.85. The summed E-state index contributed by atoms with van der Waals surface area (Å²) in [5.74, 6) is 4.65. The summed E-state index contributed by atoms with van der Waals surface area (Å²) < 4.78 is 27.3. The van der Waals surface area contributed by atoms with E-state index < -0.39 is 15.9 Å². The third kappa shape index (κ3) is 4.81. The van der Waals surface area contributed by atoms with E-state index in [2.05, 4.69) is 14.8 Å². The molecule has 0 aliphatic carbocycles. The van der Waals surface area contributed by atoms with Gasteiger partial charge in [-0.2, -0.15) is 5.10 Å². The lowest BCUT2D eigenvalue weighted by Gasteiger charge is -2.14. The second kappa shape index (κ2) is 9.88. The monoisotopic (exact) mass is 485 g/mol. The van der Waals surface area contributed by atoms with Gasteiger partial charge in [0.2, 0.25) is 10.0 Å². The molecule has 5 N–H and O–H groups in total. The zero-order chi connectivity index (χ0) is 25.0. The van der Waals surface area contributed by atoms with Gasteiger partial charge in [-0.3, -0.25) is 9.78 Å². The minimum Gasteiger partial charge on any atom is -0.366 e. The van der Waals surface area contributed by atoms with Crippen molar-refractivity contribution in [1.82, 2.24) is 9.71 Å². The van der Waals surface area contributed by atoms with Gasteiger partial charge >= 0.3 is 0 Å². The van der Waals surface area contributed by atoms with E-state index in [1.807, 2.05) is 48.5 Å². The van der Waals surface area contributed by atoms with Crippen molar-refractivity contribution in [3.05, 3.63) is 96.2 Å². The van der Waals surface area contributed by atoms with E-state index in [-0.39, 0.29) is 10.5 Å². The molecule has 4 aromatic rings. The third-order valence-electron chi connectivity index (χ3n) is 5.53. The van der Waals surface area contributed by atoms with Crippen molar-refractivity contribution in [2.24, 2.45) is 16.7 Å². The van der Waals surface area contributed by atoms with Gasteiger partial charge < -0.3 is 11.6 Å². The highest BCUT2D eigenvalue weighted by Gasteiger charge is 2.20. The molecule has 176 valence electrons. The van der Waals surface area contributed by atoms with Gasteiger partial charge in [0.25, 0.3) is 5.91 Å². The maximum atomic E-state index is 12.5. The Kier molecular flexibility index (Phi) is 6.72. The van der Waals surface area contributed by atoms with Gasteiger partial charge in [0.1, 0.15) is 0 Å². The zero-order valence-corrected chi connectivity index (χ0v) is 19.7. The van der Waals surface area contributed by atoms with Crippen molar-refractivity contribution in [3.8, 4) is 33.5 Å². The molecule has 0 aliphatic heterocycles. The van der Waals surface area contributed by atoms with Crippen LogP contribution in [-0.2, 0) is 10.0 Å². The Labute approximate surface area is 203 Å². The molecule has 0 bridgehead atoms. The van der Waals surface area contributed by atoms with E-state index in [1.165, 1.54) is 13.3 Å². The fourth-order valence-electron chi connectivity index (χ4n) is 3.90. The lowest BCUT2D eigenvalue weighted by Crippen LogP contribution is -2.19. The first-order chi connectivity index (χ1) is 16.9. The molecular formula is C26H23N5O3S. The van der Waals surface area contributed by atoms with Crippen LogP contribution in [0.1, 0.15) is 15.9 Å². The van der Waals surface area contributed by atoms with Gasteiger partial charge in [-0.15, -0.1) is 0 Å². The summed E-state index contributed by atoms with van der Waals surface area (Å²) in [5, 5.41) is 3.54. The number of pyridine rings is 1. The summed E-state index contributed by atoms with van der Waals surface area (Å²) in [5.41, 5.74) is 10.6. The molecule has 4 rings (SSSR count). The number of carbonyl (C=O) groups excluding carboxylic acids is 1. The highest BCUT2D eigenvalue weighted by Crippen LogP contribution is 2.33. The first-order valence-electron chi connectivity index (χ1n) is 10.6. The molecule has 0 spiro atoms. The third-order valence-corrected chi connectivity index (χ3v) is 7.01. The molecule has 1 aromatic heterocycles. The number of aromatic nitrogens is 1. The van der Waals surface area contributed by atoms with Crippen molar-refractivity contribution in [1.29, 1.82) is 0 Å². The molecule has 0 saturated carbocycles. The van der Waals surface area contributed by atoms with Crippen LogP contribution in [-0.4, -0.2) is 32.6 Å². The largest absolute Gasteiger partial charge is 0.366 e. The Balaban J connectivity index is 1.81. The number of hydrogen-bond acceptors (Lipinski definition) is 6. The summed E-state index contributed by atoms with van der Waals surface area (Å²) >= 11 is 0. The number of carbonyl (C=O) groups is 1. The maximum absolute atomic E-state index is 12.5. The molecule has 35 heavy (non-hydrogen) atoms. The molecule has 1 amide bonds. The van der Waals surface area contributed by atoms with Crippen LogP contribution in [0.5, 0.6) is 0 Å². The zero-order valence-electron chi connectivity index (χ0n) is 18.8. The summed E-state index contributed by atoms with van der Waals surface area (Å²) in [6, 6.07) is 23.0. The number of amides is 1. The molecule has 0 radical (unpaired) electrons. The van der Waals surface area contributed by atoms with Gasteiger partial charge in [-0.25, -0.2) is 13.1 Å². The van der Waals surface area contributed by atoms with E-state index in [4.69, 9.17) is 11.6 Å². The Morgan fingerprint density at radius 1 is 0.914 bits per heavy atom. The van der Waals surface area contributed by atoms with Crippen molar-refractivity contribution in [2.45, 2.75) is 4.90 Å². The SMILES string of the molecule is CNS(=O)(=O)c1ccccc1-c1ccc(-c2ccnc(-c3cccc(C=NN)c3)c2C(N)=O)cc1. The molecule has 0 atom stereocenters.